The Morgan fingerprint density at radius 3 is 2.65 bits per heavy atom. The van der Waals surface area contributed by atoms with E-state index in [2.05, 4.69) is 20.6 Å². The number of amides is 1. The van der Waals surface area contributed by atoms with Gasteiger partial charge in [-0.05, 0) is 6.92 Å². The molecular formula is C12H16ClN5O2. The van der Waals surface area contributed by atoms with Gasteiger partial charge >= 0.3 is 0 Å². The molecule has 0 saturated heterocycles. The summed E-state index contributed by atoms with van der Waals surface area (Å²) in [4.78, 5) is 16.4. The molecule has 0 saturated carbocycles. The van der Waals surface area contributed by atoms with Crippen LogP contribution >= 0.6 is 11.6 Å². The second kappa shape index (κ2) is 5.62. The molecule has 2 aromatic heterocycles. The van der Waals surface area contributed by atoms with Gasteiger partial charge in [-0.15, -0.1) is 0 Å². The van der Waals surface area contributed by atoms with Gasteiger partial charge in [0.2, 0.25) is 5.89 Å². The van der Waals surface area contributed by atoms with E-state index in [9.17, 15) is 4.79 Å². The van der Waals surface area contributed by atoms with Crippen molar-refractivity contribution in [3.8, 4) is 0 Å². The summed E-state index contributed by atoms with van der Waals surface area (Å²) >= 11 is 5.92. The molecule has 1 amide bonds. The first-order valence-electron chi connectivity index (χ1n) is 6.22. The third-order valence-corrected chi connectivity index (χ3v) is 3.08. The van der Waals surface area contributed by atoms with Crippen LogP contribution in [0.25, 0.3) is 0 Å². The third kappa shape index (κ3) is 2.82. The summed E-state index contributed by atoms with van der Waals surface area (Å²) < 4.78 is 6.55. The van der Waals surface area contributed by atoms with E-state index < -0.39 is 6.04 Å². The van der Waals surface area contributed by atoms with E-state index in [0.29, 0.717) is 22.4 Å². The highest BCUT2D eigenvalue weighted by Gasteiger charge is 2.21. The van der Waals surface area contributed by atoms with Crippen molar-refractivity contribution >= 4 is 17.5 Å². The SMILES string of the molecule is CC(C)c1noc([C@@H](C)NC(=O)c2c(Cl)cnn2C)n1. The molecule has 0 unspecified atom stereocenters. The second-order valence-corrected chi connectivity index (χ2v) is 5.21. The number of carbonyl (C=O) groups excluding carboxylic acids is 1. The van der Waals surface area contributed by atoms with Crippen LogP contribution in [-0.4, -0.2) is 25.8 Å². The monoisotopic (exact) mass is 297 g/mol. The minimum atomic E-state index is -0.409. The lowest BCUT2D eigenvalue weighted by Crippen LogP contribution is -2.29. The number of aromatic nitrogens is 4. The van der Waals surface area contributed by atoms with Crippen LogP contribution in [0, 0.1) is 0 Å². The highest BCUT2D eigenvalue weighted by atomic mass is 35.5. The molecule has 1 N–H and O–H groups in total. The van der Waals surface area contributed by atoms with Crippen LogP contribution in [0.5, 0.6) is 0 Å². The van der Waals surface area contributed by atoms with E-state index in [1.807, 2.05) is 13.8 Å². The average Bonchev–Trinajstić information content (AvgIpc) is 2.96. The Labute approximate surface area is 121 Å². The van der Waals surface area contributed by atoms with Crippen LogP contribution in [0.1, 0.15) is 54.9 Å². The zero-order valence-corrected chi connectivity index (χ0v) is 12.5. The minimum Gasteiger partial charge on any atom is -0.339 e. The molecule has 0 aliphatic rings. The first kappa shape index (κ1) is 14.5. The first-order chi connectivity index (χ1) is 9.40. The van der Waals surface area contributed by atoms with Crippen molar-refractivity contribution in [2.75, 3.05) is 0 Å². The molecule has 2 aromatic rings. The summed E-state index contributed by atoms with van der Waals surface area (Å²) in [6.45, 7) is 5.69. The standard InChI is InChI=1S/C12H16ClN5O2/c1-6(2)10-16-12(20-17-10)7(3)15-11(19)9-8(13)5-14-18(9)4/h5-7H,1-4H3,(H,15,19)/t7-/m1/s1. The topological polar surface area (TPSA) is 85.8 Å². The summed E-state index contributed by atoms with van der Waals surface area (Å²) in [6, 6.07) is -0.409. The highest BCUT2D eigenvalue weighted by Crippen LogP contribution is 2.17. The molecule has 108 valence electrons. The molecule has 0 fully saturated rings. The first-order valence-corrected chi connectivity index (χ1v) is 6.59. The van der Waals surface area contributed by atoms with Gasteiger partial charge in [0.15, 0.2) is 5.82 Å². The second-order valence-electron chi connectivity index (χ2n) is 4.81. The fraction of sp³-hybridized carbons (Fsp3) is 0.500. The van der Waals surface area contributed by atoms with Crippen molar-refractivity contribution in [2.24, 2.45) is 7.05 Å². The number of rotatable bonds is 4. The Morgan fingerprint density at radius 1 is 1.45 bits per heavy atom. The van der Waals surface area contributed by atoms with Crippen molar-refractivity contribution in [1.82, 2.24) is 25.2 Å². The van der Waals surface area contributed by atoms with E-state index in [1.165, 1.54) is 10.9 Å². The van der Waals surface area contributed by atoms with Crippen molar-refractivity contribution in [3.63, 3.8) is 0 Å². The quantitative estimate of drug-likeness (QED) is 0.933. The van der Waals surface area contributed by atoms with Gasteiger partial charge in [-0.25, -0.2) is 0 Å². The van der Waals surface area contributed by atoms with Gasteiger partial charge in [0.1, 0.15) is 11.7 Å². The summed E-state index contributed by atoms with van der Waals surface area (Å²) in [5.41, 5.74) is 0.294. The van der Waals surface area contributed by atoms with E-state index in [-0.39, 0.29) is 11.8 Å². The average molecular weight is 298 g/mol. The zero-order valence-electron chi connectivity index (χ0n) is 11.7. The maximum Gasteiger partial charge on any atom is 0.271 e. The molecule has 8 heteroatoms. The highest BCUT2D eigenvalue weighted by molar-refractivity contribution is 6.33. The van der Waals surface area contributed by atoms with Gasteiger partial charge in [-0.2, -0.15) is 10.1 Å². The molecule has 0 aliphatic heterocycles. The van der Waals surface area contributed by atoms with Crippen LogP contribution in [0.15, 0.2) is 10.7 Å². The minimum absolute atomic E-state index is 0.168. The van der Waals surface area contributed by atoms with Crippen LogP contribution in [0.3, 0.4) is 0 Å². The van der Waals surface area contributed by atoms with Gasteiger partial charge in [-0.1, -0.05) is 30.6 Å². The van der Waals surface area contributed by atoms with Gasteiger partial charge in [-0.3, -0.25) is 9.48 Å². The number of carbonyl (C=O) groups is 1. The smallest absolute Gasteiger partial charge is 0.271 e. The summed E-state index contributed by atoms with van der Waals surface area (Å²) in [5.74, 6) is 0.800. The Bertz CT molecular complexity index is 600. The van der Waals surface area contributed by atoms with Crippen LogP contribution in [0.2, 0.25) is 5.02 Å². The molecule has 0 aliphatic carbocycles. The lowest BCUT2D eigenvalue weighted by Gasteiger charge is -2.10. The predicted molar refractivity (Wildman–Crippen MR) is 72.5 cm³/mol. The molecule has 0 spiro atoms. The summed E-state index contributed by atoms with van der Waals surface area (Å²) in [6.07, 6.45) is 1.42. The number of nitrogens with one attached hydrogen (secondary N) is 1. The third-order valence-electron chi connectivity index (χ3n) is 2.80. The molecular weight excluding hydrogens is 282 g/mol. The number of hydrogen-bond acceptors (Lipinski definition) is 5. The maximum absolute atomic E-state index is 12.1. The van der Waals surface area contributed by atoms with Gasteiger partial charge in [0.05, 0.1) is 11.2 Å². The number of hydrogen-bond donors (Lipinski definition) is 1. The fourth-order valence-electron chi connectivity index (χ4n) is 1.65. The Hall–Kier alpha value is -1.89. The molecule has 2 rings (SSSR count). The maximum atomic E-state index is 12.1. The lowest BCUT2D eigenvalue weighted by molar-refractivity contribution is 0.0923. The van der Waals surface area contributed by atoms with E-state index in [0.717, 1.165) is 0 Å². The molecule has 0 radical (unpaired) electrons. The van der Waals surface area contributed by atoms with Crippen molar-refractivity contribution in [1.29, 1.82) is 0 Å². The molecule has 1 atom stereocenters. The van der Waals surface area contributed by atoms with Crippen LogP contribution < -0.4 is 5.32 Å². The molecule has 0 bridgehead atoms. The van der Waals surface area contributed by atoms with Crippen molar-refractivity contribution in [3.05, 3.63) is 28.6 Å². The summed E-state index contributed by atoms with van der Waals surface area (Å²) in [5, 5.41) is 10.8. The Balaban J connectivity index is 2.11. The van der Waals surface area contributed by atoms with E-state index in [1.54, 1.807) is 14.0 Å². The van der Waals surface area contributed by atoms with Crippen LogP contribution in [-0.2, 0) is 7.05 Å². The van der Waals surface area contributed by atoms with Crippen LogP contribution in [0.4, 0.5) is 0 Å². The predicted octanol–water partition coefficient (Wildman–Crippen LogP) is 2.07. The number of halogens is 1. The fourth-order valence-corrected chi connectivity index (χ4v) is 1.90. The molecule has 7 nitrogen and oxygen atoms in total. The van der Waals surface area contributed by atoms with Gasteiger partial charge < -0.3 is 9.84 Å². The lowest BCUT2D eigenvalue weighted by atomic mass is 10.2. The number of aryl methyl sites for hydroxylation is 1. The molecule has 0 aromatic carbocycles. The largest absolute Gasteiger partial charge is 0.339 e. The Morgan fingerprint density at radius 2 is 2.15 bits per heavy atom. The van der Waals surface area contributed by atoms with E-state index >= 15 is 0 Å². The van der Waals surface area contributed by atoms with Gasteiger partial charge in [0, 0.05) is 13.0 Å². The van der Waals surface area contributed by atoms with E-state index in [4.69, 9.17) is 16.1 Å². The normalized spacial score (nSPS) is 12.7. The summed E-state index contributed by atoms with van der Waals surface area (Å²) in [7, 11) is 1.65. The van der Waals surface area contributed by atoms with Crippen molar-refractivity contribution < 1.29 is 9.32 Å². The molecule has 2 heterocycles. The van der Waals surface area contributed by atoms with Crippen molar-refractivity contribution in [2.45, 2.75) is 32.7 Å². The molecule has 20 heavy (non-hydrogen) atoms. The zero-order chi connectivity index (χ0) is 14.9. The Kier molecular flexibility index (Phi) is 4.08. The van der Waals surface area contributed by atoms with Gasteiger partial charge in [0.25, 0.3) is 5.91 Å². The number of nitrogens with zero attached hydrogens (tertiary/aromatic N) is 4.